The minimum atomic E-state index is -3.81. The molecule has 0 spiro atoms. The molecule has 2 aromatic carbocycles. The molecule has 3 aromatic rings. The van der Waals surface area contributed by atoms with Gasteiger partial charge in [0, 0.05) is 17.3 Å². The molecule has 1 heterocycles. The first-order valence-corrected chi connectivity index (χ1v) is 7.67. The molecule has 0 aliphatic carbocycles. The van der Waals surface area contributed by atoms with Crippen LogP contribution >= 0.6 is 0 Å². The average molecular weight is 302 g/mol. The summed E-state index contributed by atoms with van der Waals surface area (Å²) >= 11 is 0. The SMILES string of the molecule is O=S(=O)(Nc1ccccc1)c1ccc(F)c2ncccc12. The lowest BCUT2D eigenvalue weighted by molar-refractivity contribution is 0.601. The van der Waals surface area contributed by atoms with Gasteiger partial charge < -0.3 is 0 Å². The highest BCUT2D eigenvalue weighted by Gasteiger charge is 2.19. The lowest BCUT2D eigenvalue weighted by Crippen LogP contribution is -2.13. The van der Waals surface area contributed by atoms with E-state index in [2.05, 4.69) is 9.71 Å². The Balaban J connectivity index is 2.14. The fourth-order valence-corrected chi connectivity index (χ4v) is 3.32. The van der Waals surface area contributed by atoms with Gasteiger partial charge >= 0.3 is 0 Å². The summed E-state index contributed by atoms with van der Waals surface area (Å²) in [5, 5.41) is 0.251. The van der Waals surface area contributed by atoms with E-state index in [4.69, 9.17) is 0 Å². The molecule has 0 unspecified atom stereocenters. The van der Waals surface area contributed by atoms with E-state index in [1.165, 1.54) is 18.3 Å². The number of para-hydroxylation sites is 1. The fourth-order valence-electron chi connectivity index (χ4n) is 2.06. The second kappa shape index (κ2) is 5.14. The summed E-state index contributed by atoms with van der Waals surface area (Å²) in [6.07, 6.45) is 1.42. The number of hydrogen-bond acceptors (Lipinski definition) is 3. The van der Waals surface area contributed by atoms with E-state index >= 15 is 0 Å². The van der Waals surface area contributed by atoms with E-state index < -0.39 is 15.8 Å². The molecule has 106 valence electrons. The Labute approximate surface area is 121 Å². The van der Waals surface area contributed by atoms with Gasteiger partial charge in [-0.3, -0.25) is 9.71 Å². The van der Waals surface area contributed by atoms with Crippen LogP contribution in [-0.2, 0) is 10.0 Å². The first kappa shape index (κ1) is 13.5. The zero-order valence-corrected chi connectivity index (χ0v) is 11.6. The van der Waals surface area contributed by atoms with Crippen molar-refractivity contribution in [2.24, 2.45) is 0 Å². The minimum Gasteiger partial charge on any atom is -0.280 e. The molecule has 6 heteroatoms. The molecule has 0 amide bonds. The van der Waals surface area contributed by atoms with Gasteiger partial charge in [-0.15, -0.1) is 0 Å². The molecule has 21 heavy (non-hydrogen) atoms. The fraction of sp³-hybridized carbons (Fsp3) is 0. The predicted octanol–water partition coefficient (Wildman–Crippen LogP) is 3.17. The van der Waals surface area contributed by atoms with Crippen molar-refractivity contribution in [3.63, 3.8) is 0 Å². The number of benzene rings is 2. The van der Waals surface area contributed by atoms with Crippen molar-refractivity contribution < 1.29 is 12.8 Å². The number of aromatic nitrogens is 1. The second-order valence-corrected chi connectivity index (χ2v) is 6.07. The summed E-state index contributed by atoms with van der Waals surface area (Å²) in [4.78, 5) is 3.89. The van der Waals surface area contributed by atoms with Crippen molar-refractivity contribution in [2.45, 2.75) is 4.90 Å². The molecule has 1 N–H and O–H groups in total. The Morgan fingerprint density at radius 3 is 2.48 bits per heavy atom. The van der Waals surface area contributed by atoms with Crippen molar-refractivity contribution in [3.05, 3.63) is 66.6 Å². The van der Waals surface area contributed by atoms with Crippen LogP contribution in [-0.4, -0.2) is 13.4 Å². The topological polar surface area (TPSA) is 59.1 Å². The normalized spacial score (nSPS) is 11.5. The first-order valence-electron chi connectivity index (χ1n) is 6.19. The van der Waals surface area contributed by atoms with Gasteiger partial charge in [-0.25, -0.2) is 12.8 Å². The third-order valence-corrected chi connectivity index (χ3v) is 4.44. The highest BCUT2D eigenvalue weighted by atomic mass is 32.2. The summed E-state index contributed by atoms with van der Waals surface area (Å²) in [5.41, 5.74) is 0.479. The van der Waals surface area contributed by atoms with Crippen LogP contribution in [0.5, 0.6) is 0 Å². The minimum absolute atomic E-state index is 0.00384. The number of pyridine rings is 1. The van der Waals surface area contributed by atoms with Crippen molar-refractivity contribution >= 4 is 26.6 Å². The zero-order chi connectivity index (χ0) is 14.9. The lowest BCUT2D eigenvalue weighted by atomic mass is 10.2. The van der Waals surface area contributed by atoms with Crippen LogP contribution in [0, 0.1) is 5.82 Å². The van der Waals surface area contributed by atoms with Gasteiger partial charge in [0.1, 0.15) is 11.3 Å². The summed E-state index contributed by atoms with van der Waals surface area (Å²) in [5.74, 6) is -0.552. The molecular weight excluding hydrogens is 291 g/mol. The third kappa shape index (κ3) is 2.57. The predicted molar refractivity (Wildman–Crippen MR) is 79.0 cm³/mol. The smallest absolute Gasteiger partial charge is 0.262 e. The maximum Gasteiger partial charge on any atom is 0.262 e. The number of anilines is 1. The van der Waals surface area contributed by atoms with Gasteiger partial charge in [-0.2, -0.15) is 0 Å². The maximum absolute atomic E-state index is 13.7. The van der Waals surface area contributed by atoms with Crippen LogP contribution in [0.4, 0.5) is 10.1 Å². The van der Waals surface area contributed by atoms with Crippen LogP contribution in [0.2, 0.25) is 0 Å². The molecule has 0 saturated carbocycles. The van der Waals surface area contributed by atoms with Gasteiger partial charge in [0.15, 0.2) is 0 Å². The van der Waals surface area contributed by atoms with E-state index in [-0.39, 0.29) is 15.8 Å². The van der Waals surface area contributed by atoms with Crippen molar-refractivity contribution in [2.75, 3.05) is 4.72 Å². The van der Waals surface area contributed by atoms with Gasteiger partial charge in [0.05, 0.1) is 4.90 Å². The number of halogens is 1. The van der Waals surface area contributed by atoms with E-state index in [9.17, 15) is 12.8 Å². The van der Waals surface area contributed by atoms with E-state index in [0.717, 1.165) is 6.07 Å². The van der Waals surface area contributed by atoms with E-state index in [1.807, 2.05) is 0 Å². The Morgan fingerprint density at radius 1 is 0.952 bits per heavy atom. The molecule has 0 radical (unpaired) electrons. The van der Waals surface area contributed by atoms with E-state index in [1.54, 1.807) is 36.4 Å². The quantitative estimate of drug-likeness (QED) is 0.808. The highest BCUT2D eigenvalue weighted by Crippen LogP contribution is 2.25. The monoisotopic (exact) mass is 302 g/mol. The third-order valence-electron chi connectivity index (χ3n) is 3.00. The summed E-state index contributed by atoms with van der Waals surface area (Å²) < 4.78 is 41.1. The van der Waals surface area contributed by atoms with Crippen LogP contribution in [0.3, 0.4) is 0 Å². The molecule has 1 aromatic heterocycles. The Morgan fingerprint density at radius 2 is 1.71 bits per heavy atom. The number of nitrogens with zero attached hydrogens (tertiary/aromatic N) is 1. The van der Waals surface area contributed by atoms with Crippen molar-refractivity contribution in [3.8, 4) is 0 Å². The number of fused-ring (bicyclic) bond motifs is 1. The number of hydrogen-bond donors (Lipinski definition) is 1. The molecule has 4 nitrogen and oxygen atoms in total. The van der Waals surface area contributed by atoms with Crippen LogP contribution < -0.4 is 4.72 Å². The molecule has 0 saturated heterocycles. The maximum atomic E-state index is 13.7. The standard InChI is InChI=1S/C15H11FN2O2S/c16-13-8-9-14(12-7-4-10-17-15(12)13)21(19,20)18-11-5-2-1-3-6-11/h1-10,18H. The second-order valence-electron chi connectivity index (χ2n) is 4.42. The van der Waals surface area contributed by atoms with Crippen molar-refractivity contribution in [1.29, 1.82) is 0 Å². The number of rotatable bonds is 3. The Hall–Kier alpha value is -2.47. The Bertz CT molecular complexity index is 896. The molecule has 0 aliphatic rings. The zero-order valence-electron chi connectivity index (χ0n) is 10.8. The number of nitrogens with one attached hydrogen (secondary N) is 1. The molecule has 0 fully saturated rings. The first-order chi connectivity index (χ1) is 10.1. The average Bonchev–Trinajstić information content (AvgIpc) is 2.48. The molecule has 0 bridgehead atoms. The van der Waals surface area contributed by atoms with E-state index in [0.29, 0.717) is 5.69 Å². The highest BCUT2D eigenvalue weighted by molar-refractivity contribution is 7.93. The summed E-state index contributed by atoms with van der Waals surface area (Å²) in [7, 11) is -3.81. The van der Waals surface area contributed by atoms with Gasteiger partial charge in [0.25, 0.3) is 10.0 Å². The summed E-state index contributed by atoms with van der Waals surface area (Å²) in [6, 6.07) is 14.0. The van der Waals surface area contributed by atoms with Crippen LogP contribution in [0.1, 0.15) is 0 Å². The molecule has 0 atom stereocenters. The molecule has 3 rings (SSSR count). The lowest BCUT2D eigenvalue weighted by Gasteiger charge is -2.10. The van der Waals surface area contributed by atoms with Gasteiger partial charge in [-0.1, -0.05) is 18.2 Å². The Kier molecular flexibility index (Phi) is 3.31. The summed E-state index contributed by atoms with van der Waals surface area (Å²) in [6.45, 7) is 0. The molecule has 0 aliphatic heterocycles. The molecular formula is C15H11FN2O2S. The number of sulfonamides is 1. The van der Waals surface area contributed by atoms with Crippen LogP contribution in [0.15, 0.2) is 65.7 Å². The largest absolute Gasteiger partial charge is 0.280 e. The van der Waals surface area contributed by atoms with Crippen LogP contribution in [0.25, 0.3) is 10.9 Å². The van der Waals surface area contributed by atoms with Gasteiger partial charge in [0.2, 0.25) is 0 Å². The van der Waals surface area contributed by atoms with Gasteiger partial charge in [-0.05, 0) is 36.4 Å². The van der Waals surface area contributed by atoms with Crippen molar-refractivity contribution in [1.82, 2.24) is 4.98 Å².